The average Bonchev–Trinajstić information content (AvgIpc) is 2.70. The second kappa shape index (κ2) is 19.6. The van der Waals surface area contributed by atoms with Gasteiger partial charge >= 0.3 is 35.5 Å². The number of carboxylic acid groups (broad SMARTS) is 1. The van der Waals surface area contributed by atoms with Crippen molar-refractivity contribution in [1.82, 2.24) is 0 Å². The fourth-order valence-electron chi connectivity index (χ4n) is 4.10. The van der Waals surface area contributed by atoms with Crippen LogP contribution in [-0.4, -0.2) is 18.5 Å². The first-order valence-electron chi connectivity index (χ1n) is 11.7. The molecule has 162 valence electrons. The maximum Gasteiger partial charge on any atom is 1.00 e. The molecule has 2 unspecified atom stereocenters. The van der Waals surface area contributed by atoms with Gasteiger partial charge in [-0.3, -0.25) is 4.79 Å². The zero-order chi connectivity index (χ0) is 20.5. The van der Waals surface area contributed by atoms with Crippen LogP contribution in [-0.2, 0) is 14.3 Å². The van der Waals surface area contributed by atoms with Crippen molar-refractivity contribution >= 4 is 11.9 Å². The third-order valence-corrected chi connectivity index (χ3v) is 5.87. The van der Waals surface area contributed by atoms with Crippen LogP contribution in [0.1, 0.15) is 110 Å². The molecule has 0 aromatic carbocycles. The van der Waals surface area contributed by atoms with Crippen LogP contribution in [0.3, 0.4) is 0 Å². The molecule has 1 aliphatic rings. The van der Waals surface area contributed by atoms with Crippen molar-refractivity contribution in [3.8, 4) is 0 Å². The van der Waals surface area contributed by atoms with Crippen LogP contribution in [0.5, 0.6) is 0 Å². The molecule has 4 nitrogen and oxygen atoms in total. The smallest absolute Gasteiger partial charge is 0.550 e. The van der Waals surface area contributed by atoms with Crippen LogP contribution in [0.2, 0.25) is 0 Å². The average molecular weight is 417 g/mol. The summed E-state index contributed by atoms with van der Waals surface area (Å²) in [6.07, 6.45) is 22.3. The van der Waals surface area contributed by atoms with Crippen LogP contribution < -0.4 is 34.7 Å². The molecular formula is C24H41NaO4. The fourth-order valence-corrected chi connectivity index (χ4v) is 4.10. The van der Waals surface area contributed by atoms with Crippen LogP contribution in [0, 0.1) is 11.8 Å². The van der Waals surface area contributed by atoms with Crippen molar-refractivity contribution in [3.05, 3.63) is 12.2 Å². The Kier molecular flexibility index (Phi) is 19.4. The summed E-state index contributed by atoms with van der Waals surface area (Å²) in [6.45, 7) is 2.50. The van der Waals surface area contributed by atoms with Gasteiger partial charge in [0, 0.05) is 11.9 Å². The summed E-state index contributed by atoms with van der Waals surface area (Å²) in [5.74, 6) is -2.59. The van der Waals surface area contributed by atoms with Gasteiger partial charge < -0.3 is 14.6 Å². The summed E-state index contributed by atoms with van der Waals surface area (Å²) in [7, 11) is 0. The van der Waals surface area contributed by atoms with Gasteiger partial charge in [-0.25, -0.2) is 0 Å². The van der Waals surface area contributed by atoms with Gasteiger partial charge in [-0.05, 0) is 39.0 Å². The molecule has 0 bridgehead atoms. The van der Waals surface area contributed by atoms with Crippen LogP contribution >= 0.6 is 0 Å². The van der Waals surface area contributed by atoms with E-state index < -0.39 is 17.8 Å². The van der Waals surface area contributed by atoms with E-state index >= 15 is 0 Å². The molecule has 0 saturated heterocycles. The minimum atomic E-state index is -1.10. The topological polar surface area (TPSA) is 66.4 Å². The molecule has 0 aliphatic heterocycles. The van der Waals surface area contributed by atoms with E-state index in [1.54, 1.807) is 0 Å². The number of carboxylic acids is 1. The van der Waals surface area contributed by atoms with Crippen LogP contribution in [0.15, 0.2) is 12.2 Å². The Labute approximate surface area is 200 Å². The van der Waals surface area contributed by atoms with Crippen molar-refractivity contribution < 1.29 is 49.0 Å². The molecule has 1 saturated carbocycles. The Morgan fingerprint density at radius 2 is 1.31 bits per heavy atom. The quantitative estimate of drug-likeness (QED) is 0.168. The second-order valence-electron chi connectivity index (χ2n) is 8.23. The van der Waals surface area contributed by atoms with Crippen LogP contribution in [0.4, 0.5) is 0 Å². The maximum atomic E-state index is 12.1. The van der Waals surface area contributed by atoms with Gasteiger partial charge in [0.15, 0.2) is 0 Å². The second-order valence-corrected chi connectivity index (χ2v) is 8.23. The standard InChI is InChI=1S/C24H42O4.Na/c1-2-3-4-5-6-7-8-9-10-11-12-13-14-17-20-28-24(27)22-19-16-15-18-21(22)23(25)26;/h2-3,21-22H,4-20H2,1H3,(H,25,26);/q;+1/p-1/b3-2+;. The molecule has 1 fully saturated rings. The molecular weight excluding hydrogens is 375 g/mol. The number of unbranched alkanes of at least 4 members (excludes halogenated alkanes) is 11. The van der Waals surface area contributed by atoms with Gasteiger partial charge in [0.05, 0.1) is 12.5 Å². The molecule has 0 aromatic heterocycles. The Bertz CT molecular complexity index is 450. The molecule has 29 heavy (non-hydrogen) atoms. The predicted octanol–water partition coefficient (Wildman–Crippen LogP) is 2.35. The van der Waals surface area contributed by atoms with Crippen molar-refractivity contribution in [2.75, 3.05) is 6.61 Å². The van der Waals surface area contributed by atoms with Gasteiger partial charge in [-0.1, -0.05) is 82.8 Å². The zero-order valence-corrected chi connectivity index (χ0v) is 21.0. The Morgan fingerprint density at radius 1 is 0.828 bits per heavy atom. The van der Waals surface area contributed by atoms with Gasteiger partial charge in [0.1, 0.15) is 0 Å². The molecule has 0 spiro atoms. The van der Waals surface area contributed by atoms with Crippen LogP contribution in [0.25, 0.3) is 0 Å². The predicted molar refractivity (Wildman–Crippen MR) is 112 cm³/mol. The van der Waals surface area contributed by atoms with E-state index in [4.69, 9.17) is 4.74 Å². The third kappa shape index (κ3) is 14.3. The van der Waals surface area contributed by atoms with E-state index in [0.717, 1.165) is 25.7 Å². The number of allylic oxidation sites excluding steroid dienone is 2. The van der Waals surface area contributed by atoms with E-state index in [2.05, 4.69) is 19.1 Å². The zero-order valence-electron chi connectivity index (χ0n) is 19.0. The van der Waals surface area contributed by atoms with E-state index in [1.165, 1.54) is 64.2 Å². The number of hydrogen-bond donors (Lipinski definition) is 0. The molecule has 0 radical (unpaired) electrons. The molecule has 0 heterocycles. The van der Waals surface area contributed by atoms with Crippen molar-refractivity contribution in [2.45, 2.75) is 110 Å². The number of rotatable bonds is 16. The Morgan fingerprint density at radius 3 is 1.83 bits per heavy atom. The summed E-state index contributed by atoms with van der Waals surface area (Å²) in [6, 6.07) is 0. The van der Waals surface area contributed by atoms with Crippen molar-refractivity contribution in [2.24, 2.45) is 11.8 Å². The van der Waals surface area contributed by atoms with E-state index in [1.807, 2.05) is 0 Å². The fraction of sp³-hybridized carbons (Fsp3) is 0.833. The van der Waals surface area contributed by atoms with Crippen molar-refractivity contribution in [3.63, 3.8) is 0 Å². The minimum absolute atomic E-state index is 0. The summed E-state index contributed by atoms with van der Waals surface area (Å²) in [4.78, 5) is 23.3. The first-order valence-corrected chi connectivity index (χ1v) is 11.7. The molecule has 2 atom stereocenters. The molecule has 1 aliphatic carbocycles. The summed E-state index contributed by atoms with van der Waals surface area (Å²) >= 11 is 0. The summed E-state index contributed by atoms with van der Waals surface area (Å²) in [5.41, 5.74) is 0. The molecule has 5 heteroatoms. The number of ether oxygens (including phenoxy) is 1. The summed E-state index contributed by atoms with van der Waals surface area (Å²) < 4.78 is 5.33. The summed E-state index contributed by atoms with van der Waals surface area (Å²) in [5, 5.41) is 11.2. The van der Waals surface area contributed by atoms with E-state index in [9.17, 15) is 14.7 Å². The first-order chi connectivity index (χ1) is 13.7. The van der Waals surface area contributed by atoms with Gasteiger partial charge in [-0.2, -0.15) is 0 Å². The van der Waals surface area contributed by atoms with E-state index in [-0.39, 0.29) is 35.5 Å². The number of carbonyl (C=O) groups excluding carboxylic acids is 2. The maximum absolute atomic E-state index is 12.1. The number of aliphatic carboxylic acids is 1. The Balaban J connectivity index is 0.00000784. The molecule has 1 rings (SSSR count). The monoisotopic (exact) mass is 416 g/mol. The van der Waals surface area contributed by atoms with Crippen molar-refractivity contribution in [1.29, 1.82) is 0 Å². The third-order valence-electron chi connectivity index (χ3n) is 5.87. The largest absolute Gasteiger partial charge is 1.00 e. The van der Waals surface area contributed by atoms with Gasteiger partial charge in [0.25, 0.3) is 0 Å². The minimum Gasteiger partial charge on any atom is -0.550 e. The Hall–Kier alpha value is -0.320. The molecule has 0 aromatic rings. The van der Waals surface area contributed by atoms with Gasteiger partial charge in [0.2, 0.25) is 0 Å². The normalized spacial score (nSPS) is 19.1. The van der Waals surface area contributed by atoms with Gasteiger partial charge in [-0.15, -0.1) is 0 Å². The number of esters is 1. The van der Waals surface area contributed by atoms with E-state index in [0.29, 0.717) is 19.4 Å². The molecule has 0 N–H and O–H groups in total. The first kappa shape index (κ1) is 28.7. The SMILES string of the molecule is C/C=C/CCCCCCCCCCCCCOC(=O)C1CCCCC1C(=O)[O-].[Na+]. The number of carbonyl (C=O) groups is 2. The number of hydrogen-bond acceptors (Lipinski definition) is 4. The molecule has 0 amide bonds.